The van der Waals surface area contributed by atoms with Gasteiger partial charge >= 0.3 is 0 Å². The van der Waals surface area contributed by atoms with Gasteiger partial charge in [0.1, 0.15) is 0 Å². The minimum atomic E-state index is 0.448. The van der Waals surface area contributed by atoms with Crippen LogP contribution in [0.25, 0.3) is 11.1 Å². The van der Waals surface area contributed by atoms with Gasteiger partial charge in [0.25, 0.3) is 0 Å². The van der Waals surface area contributed by atoms with Gasteiger partial charge in [0.15, 0.2) is 0 Å². The minimum Gasteiger partial charge on any atom is -0.481 e. The van der Waals surface area contributed by atoms with Crippen LogP contribution < -0.4 is 14.8 Å². The first-order valence-electron chi connectivity index (χ1n) is 9.98. The van der Waals surface area contributed by atoms with E-state index in [9.17, 15) is 0 Å². The van der Waals surface area contributed by atoms with E-state index in [2.05, 4.69) is 22.2 Å². The Labute approximate surface area is 160 Å². The van der Waals surface area contributed by atoms with E-state index in [1.807, 2.05) is 18.3 Å². The smallest absolute Gasteiger partial charge is 0.226 e. The largest absolute Gasteiger partial charge is 0.481 e. The van der Waals surface area contributed by atoms with E-state index in [0.717, 1.165) is 17.0 Å². The number of pyridine rings is 1. The second-order valence-electron chi connectivity index (χ2n) is 7.85. The molecule has 0 aliphatic heterocycles. The molecule has 0 spiro atoms. The van der Waals surface area contributed by atoms with Crippen LogP contribution in [-0.4, -0.2) is 34.7 Å². The van der Waals surface area contributed by atoms with Gasteiger partial charge < -0.3 is 14.8 Å². The molecule has 6 nitrogen and oxygen atoms in total. The summed E-state index contributed by atoms with van der Waals surface area (Å²) in [6, 6.07) is 4.27. The van der Waals surface area contributed by atoms with Gasteiger partial charge in [0, 0.05) is 24.5 Å². The Balaban J connectivity index is 1.56. The zero-order chi connectivity index (χ0) is 18.6. The van der Waals surface area contributed by atoms with Gasteiger partial charge in [-0.1, -0.05) is 6.92 Å². The number of ether oxygens (including phenoxy) is 2. The van der Waals surface area contributed by atoms with Crippen LogP contribution in [0.5, 0.6) is 11.8 Å². The van der Waals surface area contributed by atoms with Gasteiger partial charge in [-0.15, -0.1) is 0 Å². The van der Waals surface area contributed by atoms with Crippen molar-refractivity contribution in [3.8, 4) is 22.9 Å². The van der Waals surface area contributed by atoms with E-state index in [-0.39, 0.29) is 0 Å². The van der Waals surface area contributed by atoms with E-state index < -0.39 is 0 Å². The Bertz CT molecular complexity index is 771. The van der Waals surface area contributed by atoms with Crippen LogP contribution in [0.1, 0.15) is 45.4 Å². The van der Waals surface area contributed by atoms with Crippen molar-refractivity contribution in [3.63, 3.8) is 0 Å². The second kappa shape index (κ2) is 8.11. The summed E-state index contributed by atoms with van der Waals surface area (Å²) in [6.45, 7) is 3.04. The maximum Gasteiger partial charge on any atom is 0.226 e. The molecule has 0 amide bonds. The first-order valence-corrected chi connectivity index (χ1v) is 9.98. The average Bonchev–Trinajstić information content (AvgIpc) is 3.53. The van der Waals surface area contributed by atoms with Gasteiger partial charge in [0.05, 0.1) is 19.3 Å². The lowest BCUT2D eigenvalue weighted by molar-refractivity contribution is 0.289. The van der Waals surface area contributed by atoms with Crippen molar-refractivity contribution >= 4 is 5.95 Å². The highest BCUT2D eigenvalue weighted by atomic mass is 16.5. The third kappa shape index (κ3) is 4.67. The number of nitrogens with zero attached hydrogens (tertiary/aromatic N) is 3. The fraction of sp³-hybridized carbons (Fsp3) is 0.571. The van der Waals surface area contributed by atoms with E-state index in [4.69, 9.17) is 14.5 Å². The first-order chi connectivity index (χ1) is 13.2. The summed E-state index contributed by atoms with van der Waals surface area (Å²) in [5.41, 5.74) is 1.82. The number of hydrogen-bond donors (Lipinski definition) is 1. The van der Waals surface area contributed by atoms with Crippen LogP contribution in [0.15, 0.2) is 24.5 Å². The Hall–Kier alpha value is -2.37. The molecule has 2 fully saturated rings. The van der Waals surface area contributed by atoms with Crippen LogP contribution in [0.4, 0.5) is 5.95 Å². The molecule has 0 radical (unpaired) electrons. The molecule has 6 heteroatoms. The number of hydrogen-bond acceptors (Lipinski definition) is 6. The molecular formula is C21H28N4O2. The SMILES string of the molecule is COc1cc(-c2cnc(N[C@H]3CC[C@H](C)CC3)nc2OCC2CC2)ccn1. The fourth-order valence-corrected chi connectivity index (χ4v) is 3.50. The number of aromatic nitrogens is 3. The van der Waals surface area contributed by atoms with Gasteiger partial charge in [-0.25, -0.2) is 9.97 Å². The van der Waals surface area contributed by atoms with Crippen LogP contribution in [-0.2, 0) is 0 Å². The van der Waals surface area contributed by atoms with Crippen LogP contribution >= 0.6 is 0 Å². The predicted octanol–water partition coefficient (Wildman–Crippen LogP) is 4.33. The highest BCUT2D eigenvalue weighted by Gasteiger charge is 2.24. The van der Waals surface area contributed by atoms with Crippen LogP contribution in [0.2, 0.25) is 0 Å². The topological polar surface area (TPSA) is 69.2 Å². The van der Waals surface area contributed by atoms with Crippen LogP contribution in [0.3, 0.4) is 0 Å². The summed E-state index contributed by atoms with van der Waals surface area (Å²) in [5.74, 6) is 3.35. The molecule has 2 aromatic heterocycles. The molecule has 27 heavy (non-hydrogen) atoms. The Kier molecular flexibility index (Phi) is 5.41. The number of anilines is 1. The lowest BCUT2D eigenvalue weighted by atomic mass is 9.87. The van der Waals surface area contributed by atoms with Gasteiger partial charge in [-0.3, -0.25) is 0 Å². The van der Waals surface area contributed by atoms with Crippen molar-refractivity contribution in [3.05, 3.63) is 24.5 Å². The quantitative estimate of drug-likeness (QED) is 0.785. The van der Waals surface area contributed by atoms with Crippen LogP contribution in [0, 0.1) is 11.8 Å². The molecule has 0 saturated heterocycles. The number of methoxy groups -OCH3 is 1. The van der Waals surface area contributed by atoms with Gasteiger partial charge in [-0.2, -0.15) is 4.98 Å². The number of rotatable bonds is 7. The lowest BCUT2D eigenvalue weighted by Crippen LogP contribution is -2.26. The molecule has 2 aliphatic rings. The molecule has 0 bridgehead atoms. The monoisotopic (exact) mass is 368 g/mol. The molecule has 2 aromatic rings. The van der Waals surface area contributed by atoms with Crippen molar-refractivity contribution in [1.29, 1.82) is 0 Å². The zero-order valence-corrected chi connectivity index (χ0v) is 16.1. The Morgan fingerprint density at radius 3 is 2.67 bits per heavy atom. The summed E-state index contributed by atoms with van der Waals surface area (Å²) in [7, 11) is 1.62. The third-order valence-electron chi connectivity index (χ3n) is 5.51. The Morgan fingerprint density at radius 2 is 1.93 bits per heavy atom. The lowest BCUT2D eigenvalue weighted by Gasteiger charge is -2.27. The molecule has 0 unspecified atom stereocenters. The van der Waals surface area contributed by atoms with Crippen molar-refractivity contribution in [2.45, 2.75) is 51.5 Å². The maximum atomic E-state index is 6.08. The number of nitrogens with one attached hydrogen (secondary N) is 1. The molecule has 1 N–H and O–H groups in total. The highest BCUT2D eigenvalue weighted by Crippen LogP contribution is 2.34. The summed E-state index contributed by atoms with van der Waals surface area (Å²) in [6.07, 6.45) is 10.9. The summed E-state index contributed by atoms with van der Waals surface area (Å²) >= 11 is 0. The van der Waals surface area contributed by atoms with Gasteiger partial charge in [0.2, 0.25) is 17.7 Å². The standard InChI is InChI=1S/C21H28N4O2/c1-14-3-7-17(8-4-14)24-21-23-12-18(16-9-10-22-19(11-16)26-2)20(25-21)27-13-15-5-6-15/h9-12,14-15,17H,3-8,13H2,1-2H3,(H,23,24,25)/t14-,17-. The van der Waals surface area contributed by atoms with E-state index in [0.29, 0.717) is 36.3 Å². The molecular weight excluding hydrogens is 340 g/mol. The van der Waals surface area contributed by atoms with E-state index in [1.54, 1.807) is 13.3 Å². The molecule has 2 aliphatic carbocycles. The predicted molar refractivity (Wildman–Crippen MR) is 105 cm³/mol. The molecule has 2 saturated carbocycles. The van der Waals surface area contributed by atoms with Gasteiger partial charge in [-0.05, 0) is 62.0 Å². The summed E-state index contributed by atoms with van der Waals surface area (Å²) in [4.78, 5) is 13.5. The fourth-order valence-electron chi connectivity index (χ4n) is 3.50. The molecule has 2 heterocycles. The molecule has 4 rings (SSSR count). The minimum absolute atomic E-state index is 0.448. The van der Waals surface area contributed by atoms with Crippen molar-refractivity contribution in [2.75, 3.05) is 19.0 Å². The third-order valence-corrected chi connectivity index (χ3v) is 5.51. The summed E-state index contributed by atoms with van der Waals surface area (Å²) < 4.78 is 11.3. The zero-order valence-electron chi connectivity index (χ0n) is 16.1. The van der Waals surface area contributed by atoms with Crippen molar-refractivity contribution < 1.29 is 9.47 Å². The van der Waals surface area contributed by atoms with E-state index >= 15 is 0 Å². The van der Waals surface area contributed by atoms with Crippen molar-refractivity contribution in [2.24, 2.45) is 11.8 Å². The highest BCUT2D eigenvalue weighted by molar-refractivity contribution is 5.69. The van der Waals surface area contributed by atoms with E-state index in [1.165, 1.54) is 38.5 Å². The Morgan fingerprint density at radius 1 is 1.11 bits per heavy atom. The normalized spacial score (nSPS) is 22.3. The average molecular weight is 368 g/mol. The first kappa shape index (κ1) is 18.0. The maximum absolute atomic E-state index is 6.08. The summed E-state index contributed by atoms with van der Waals surface area (Å²) in [5, 5.41) is 3.51. The molecule has 0 aromatic carbocycles. The molecule has 0 atom stereocenters. The second-order valence-corrected chi connectivity index (χ2v) is 7.85. The molecule has 144 valence electrons. The van der Waals surface area contributed by atoms with Crippen molar-refractivity contribution in [1.82, 2.24) is 15.0 Å².